The summed E-state index contributed by atoms with van der Waals surface area (Å²) in [6.07, 6.45) is 3.17. The Morgan fingerprint density at radius 3 is 3.10 bits per heavy atom. The van der Waals surface area contributed by atoms with E-state index in [0.29, 0.717) is 23.9 Å². The third-order valence-corrected chi connectivity index (χ3v) is 4.26. The molecule has 2 heterocycles. The van der Waals surface area contributed by atoms with E-state index in [1.54, 1.807) is 0 Å². The highest BCUT2D eigenvalue weighted by molar-refractivity contribution is 5.98. The topological polar surface area (TPSA) is 54.1 Å². The number of nitrogens with one attached hydrogen (secondary N) is 2. The Kier molecular flexibility index (Phi) is 3.97. The molecule has 0 aliphatic carbocycles. The molecule has 4 heteroatoms. The lowest BCUT2D eigenvalue weighted by Crippen LogP contribution is -2.34. The second kappa shape index (κ2) is 5.90. The predicted octanol–water partition coefficient (Wildman–Crippen LogP) is 2.96. The van der Waals surface area contributed by atoms with E-state index in [9.17, 15) is 4.79 Å². The summed E-state index contributed by atoms with van der Waals surface area (Å²) in [4.78, 5) is 15.4. The van der Waals surface area contributed by atoms with Crippen molar-refractivity contribution in [1.82, 2.24) is 10.3 Å². The highest BCUT2D eigenvalue weighted by atomic mass is 16.5. The summed E-state index contributed by atoms with van der Waals surface area (Å²) in [6.45, 7) is 5.83. The van der Waals surface area contributed by atoms with E-state index in [1.807, 2.05) is 30.5 Å². The molecule has 21 heavy (non-hydrogen) atoms. The molecule has 0 saturated carbocycles. The number of rotatable bonds is 4. The summed E-state index contributed by atoms with van der Waals surface area (Å²) < 4.78 is 5.76. The SMILES string of the molecule is CC(C)[C@H]1OCC[C@@H]1CNC(=O)c1ccc2[nH]ccc2c1. The number of fused-ring (bicyclic) bond motifs is 1. The highest BCUT2D eigenvalue weighted by Gasteiger charge is 2.30. The first-order valence-electron chi connectivity index (χ1n) is 7.62. The minimum Gasteiger partial charge on any atom is -0.378 e. The zero-order valence-electron chi connectivity index (χ0n) is 12.6. The molecule has 2 N–H and O–H groups in total. The van der Waals surface area contributed by atoms with Crippen molar-refractivity contribution < 1.29 is 9.53 Å². The minimum absolute atomic E-state index is 0.00694. The Labute approximate surface area is 124 Å². The third kappa shape index (κ3) is 2.95. The number of benzene rings is 1. The molecule has 0 unspecified atom stereocenters. The van der Waals surface area contributed by atoms with Gasteiger partial charge in [-0.15, -0.1) is 0 Å². The molecular formula is C17H22N2O2. The molecule has 112 valence electrons. The van der Waals surface area contributed by atoms with Gasteiger partial charge in [-0.25, -0.2) is 0 Å². The Balaban J connectivity index is 1.63. The second-order valence-corrected chi connectivity index (χ2v) is 6.12. The summed E-state index contributed by atoms with van der Waals surface area (Å²) in [5.41, 5.74) is 1.76. The fraction of sp³-hybridized carbons (Fsp3) is 0.471. The van der Waals surface area contributed by atoms with Crippen LogP contribution in [0.2, 0.25) is 0 Å². The number of carbonyl (C=O) groups excluding carboxylic acids is 1. The number of H-pyrrole nitrogens is 1. The Morgan fingerprint density at radius 2 is 2.29 bits per heavy atom. The van der Waals surface area contributed by atoms with Crippen LogP contribution in [0.4, 0.5) is 0 Å². The summed E-state index contributed by atoms with van der Waals surface area (Å²) in [7, 11) is 0. The van der Waals surface area contributed by atoms with Gasteiger partial charge in [0.25, 0.3) is 5.91 Å². The molecule has 1 amide bonds. The summed E-state index contributed by atoms with van der Waals surface area (Å²) in [6, 6.07) is 7.71. The molecular weight excluding hydrogens is 264 g/mol. The maximum absolute atomic E-state index is 12.3. The van der Waals surface area contributed by atoms with Gasteiger partial charge in [-0.1, -0.05) is 13.8 Å². The average Bonchev–Trinajstić information content (AvgIpc) is 3.12. The number of amides is 1. The quantitative estimate of drug-likeness (QED) is 0.908. The number of carbonyl (C=O) groups is 1. The molecule has 0 spiro atoms. The summed E-state index contributed by atoms with van der Waals surface area (Å²) in [5.74, 6) is 0.906. The van der Waals surface area contributed by atoms with Gasteiger partial charge in [0.2, 0.25) is 0 Å². The van der Waals surface area contributed by atoms with E-state index in [4.69, 9.17) is 4.74 Å². The van der Waals surface area contributed by atoms with Crippen LogP contribution in [0, 0.1) is 11.8 Å². The third-order valence-electron chi connectivity index (χ3n) is 4.26. The Hall–Kier alpha value is -1.81. The van der Waals surface area contributed by atoms with Crippen LogP contribution in [0.15, 0.2) is 30.5 Å². The van der Waals surface area contributed by atoms with Crippen molar-refractivity contribution in [3.8, 4) is 0 Å². The number of hydrogen-bond acceptors (Lipinski definition) is 2. The first kappa shape index (κ1) is 14.1. The number of aromatic nitrogens is 1. The molecule has 3 rings (SSSR count). The van der Waals surface area contributed by atoms with Gasteiger partial charge in [-0.3, -0.25) is 4.79 Å². The molecule has 1 aliphatic heterocycles. The van der Waals surface area contributed by atoms with Crippen LogP contribution >= 0.6 is 0 Å². The van der Waals surface area contributed by atoms with Crippen LogP contribution < -0.4 is 5.32 Å². The molecule has 1 aromatic carbocycles. The van der Waals surface area contributed by atoms with Gasteiger partial charge in [0.15, 0.2) is 0 Å². The fourth-order valence-corrected chi connectivity index (χ4v) is 3.13. The number of hydrogen-bond donors (Lipinski definition) is 2. The molecule has 2 aromatic rings. The largest absolute Gasteiger partial charge is 0.378 e. The van der Waals surface area contributed by atoms with Crippen molar-refractivity contribution in [1.29, 1.82) is 0 Å². The zero-order valence-corrected chi connectivity index (χ0v) is 12.6. The lowest BCUT2D eigenvalue weighted by Gasteiger charge is -2.22. The second-order valence-electron chi connectivity index (χ2n) is 6.12. The molecule has 2 atom stereocenters. The predicted molar refractivity (Wildman–Crippen MR) is 83.3 cm³/mol. The van der Waals surface area contributed by atoms with Crippen LogP contribution in [0.5, 0.6) is 0 Å². The van der Waals surface area contributed by atoms with Crippen LogP contribution in [0.1, 0.15) is 30.6 Å². The fourth-order valence-electron chi connectivity index (χ4n) is 3.13. The van der Waals surface area contributed by atoms with Crippen molar-refractivity contribution in [2.45, 2.75) is 26.4 Å². The maximum atomic E-state index is 12.3. The minimum atomic E-state index is -0.00694. The smallest absolute Gasteiger partial charge is 0.251 e. The maximum Gasteiger partial charge on any atom is 0.251 e. The normalized spacial score (nSPS) is 22.0. The van der Waals surface area contributed by atoms with Crippen LogP contribution in [-0.2, 0) is 4.74 Å². The Bertz CT molecular complexity index is 633. The van der Waals surface area contributed by atoms with Crippen molar-refractivity contribution in [3.05, 3.63) is 36.0 Å². The molecule has 1 aliphatic rings. The zero-order chi connectivity index (χ0) is 14.8. The lowest BCUT2D eigenvalue weighted by atomic mass is 9.93. The van der Waals surface area contributed by atoms with Gasteiger partial charge in [0, 0.05) is 41.7 Å². The number of ether oxygens (including phenoxy) is 1. The molecule has 1 fully saturated rings. The van der Waals surface area contributed by atoms with E-state index in [1.165, 1.54) is 0 Å². The van der Waals surface area contributed by atoms with E-state index in [0.717, 1.165) is 23.9 Å². The van der Waals surface area contributed by atoms with Crippen LogP contribution in [0.3, 0.4) is 0 Å². The monoisotopic (exact) mass is 286 g/mol. The molecule has 0 bridgehead atoms. The first-order valence-corrected chi connectivity index (χ1v) is 7.62. The van der Waals surface area contributed by atoms with Gasteiger partial charge < -0.3 is 15.0 Å². The van der Waals surface area contributed by atoms with E-state index in [-0.39, 0.29) is 12.0 Å². The van der Waals surface area contributed by atoms with E-state index >= 15 is 0 Å². The molecule has 1 aromatic heterocycles. The van der Waals surface area contributed by atoms with Crippen molar-refractivity contribution in [2.75, 3.05) is 13.2 Å². The van der Waals surface area contributed by atoms with Crippen LogP contribution in [0.25, 0.3) is 10.9 Å². The highest BCUT2D eigenvalue weighted by Crippen LogP contribution is 2.26. The average molecular weight is 286 g/mol. The van der Waals surface area contributed by atoms with E-state index in [2.05, 4.69) is 24.1 Å². The summed E-state index contributed by atoms with van der Waals surface area (Å²) in [5, 5.41) is 4.12. The molecule has 4 nitrogen and oxygen atoms in total. The van der Waals surface area contributed by atoms with Gasteiger partial charge >= 0.3 is 0 Å². The lowest BCUT2D eigenvalue weighted by molar-refractivity contribution is 0.0533. The molecule has 0 radical (unpaired) electrons. The number of aromatic amines is 1. The van der Waals surface area contributed by atoms with Crippen molar-refractivity contribution >= 4 is 16.8 Å². The molecule has 1 saturated heterocycles. The van der Waals surface area contributed by atoms with Crippen LogP contribution in [-0.4, -0.2) is 30.1 Å². The first-order chi connectivity index (χ1) is 10.1. The van der Waals surface area contributed by atoms with Crippen molar-refractivity contribution in [3.63, 3.8) is 0 Å². The standard InChI is InChI=1S/C17H22N2O2/c1-11(2)16-14(6-8-21-16)10-19-17(20)13-3-4-15-12(9-13)5-7-18-15/h3-5,7,9,11,14,16,18H,6,8,10H2,1-2H3,(H,19,20)/t14-,16-/m1/s1. The van der Waals surface area contributed by atoms with Gasteiger partial charge in [-0.05, 0) is 36.6 Å². The summed E-state index contributed by atoms with van der Waals surface area (Å²) >= 11 is 0. The Morgan fingerprint density at radius 1 is 1.43 bits per heavy atom. The van der Waals surface area contributed by atoms with Crippen molar-refractivity contribution in [2.24, 2.45) is 11.8 Å². The van der Waals surface area contributed by atoms with Gasteiger partial charge in [-0.2, -0.15) is 0 Å². The van der Waals surface area contributed by atoms with E-state index < -0.39 is 0 Å². The van der Waals surface area contributed by atoms with Gasteiger partial charge in [0.05, 0.1) is 6.10 Å². The van der Waals surface area contributed by atoms with Gasteiger partial charge in [0.1, 0.15) is 0 Å².